The molecule has 0 spiro atoms. The SMILES string of the molecule is C=CC=CCC(=O)OC=CO. The van der Waals surface area contributed by atoms with Crippen LogP contribution in [-0.2, 0) is 9.53 Å². The molecule has 0 bridgehead atoms. The molecule has 0 amide bonds. The first-order valence-corrected chi connectivity index (χ1v) is 3.07. The Bertz CT molecular complexity index is 180. The number of ether oxygens (including phenoxy) is 1. The van der Waals surface area contributed by atoms with Gasteiger partial charge in [0.25, 0.3) is 0 Å². The van der Waals surface area contributed by atoms with Crippen molar-refractivity contribution in [3.8, 4) is 0 Å². The van der Waals surface area contributed by atoms with Crippen LogP contribution in [-0.4, -0.2) is 11.1 Å². The third kappa shape index (κ3) is 6.37. The van der Waals surface area contributed by atoms with Crippen molar-refractivity contribution in [1.82, 2.24) is 0 Å². The van der Waals surface area contributed by atoms with Gasteiger partial charge in [-0.1, -0.05) is 24.8 Å². The van der Waals surface area contributed by atoms with Crippen molar-refractivity contribution < 1.29 is 14.6 Å². The van der Waals surface area contributed by atoms with E-state index in [2.05, 4.69) is 11.3 Å². The topological polar surface area (TPSA) is 46.5 Å². The molecule has 0 aliphatic carbocycles. The normalized spacial score (nSPS) is 10.5. The van der Waals surface area contributed by atoms with Crippen molar-refractivity contribution in [2.75, 3.05) is 0 Å². The van der Waals surface area contributed by atoms with E-state index in [-0.39, 0.29) is 6.42 Å². The molecule has 0 aliphatic rings. The summed E-state index contributed by atoms with van der Waals surface area (Å²) >= 11 is 0. The standard InChI is InChI=1S/C8H10O3/c1-2-3-4-5-8(10)11-7-6-9/h2-4,6-7,9H,1,5H2. The van der Waals surface area contributed by atoms with E-state index in [1.807, 2.05) is 0 Å². The lowest BCUT2D eigenvalue weighted by Gasteiger charge is -1.91. The van der Waals surface area contributed by atoms with E-state index in [4.69, 9.17) is 5.11 Å². The zero-order chi connectivity index (χ0) is 8.53. The van der Waals surface area contributed by atoms with Crippen LogP contribution in [0.5, 0.6) is 0 Å². The van der Waals surface area contributed by atoms with Gasteiger partial charge in [0, 0.05) is 0 Å². The lowest BCUT2D eigenvalue weighted by Crippen LogP contribution is -1.96. The van der Waals surface area contributed by atoms with Gasteiger partial charge in [-0.25, -0.2) is 0 Å². The maximum Gasteiger partial charge on any atom is 0.314 e. The molecule has 0 aliphatic heterocycles. The van der Waals surface area contributed by atoms with E-state index in [9.17, 15) is 4.79 Å². The molecule has 60 valence electrons. The summed E-state index contributed by atoms with van der Waals surface area (Å²) in [4.78, 5) is 10.6. The lowest BCUT2D eigenvalue weighted by atomic mass is 10.4. The molecule has 0 rings (SSSR count). The molecule has 0 radical (unpaired) electrons. The first kappa shape index (κ1) is 9.49. The van der Waals surface area contributed by atoms with E-state index in [1.165, 1.54) is 0 Å². The first-order chi connectivity index (χ1) is 5.31. The monoisotopic (exact) mass is 154 g/mol. The summed E-state index contributed by atoms with van der Waals surface area (Å²) in [6.45, 7) is 3.43. The van der Waals surface area contributed by atoms with E-state index in [1.54, 1.807) is 18.2 Å². The highest BCUT2D eigenvalue weighted by molar-refractivity contribution is 5.71. The van der Waals surface area contributed by atoms with Crippen molar-refractivity contribution in [2.24, 2.45) is 0 Å². The molecule has 0 heterocycles. The third-order valence-electron chi connectivity index (χ3n) is 0.817. The van der Waals surface area contributed by atoms with Crippen LogP contribution < -0.4 is 0 Å². The van der Waals surface area contributed by atoms with E-state index >= 15 is 0 Å². The summed E-state index contributed by atoms with van der Waals surface area (Å²) in [5.41, 5.74) is 0. The Morgan fingerprint density at radius 1 is 1.64 bits per heavy atom. The molecule has 0 saturated carbocycles. The minimum atomic E-state index is -0.423. The molecular formula is C8H10O3. The van der Waals surface area contributed by atoms with E-state index in [0.717, 1.165) is 6.26 Å². The molecule has 1 N–H and O–H groups in total. The molecule has 0 atom stereocenters. The zero-order valence-electron chi connectivity index (χ0n) is 6.06. The van der Waals surface area contributed by atoms with Gasteiger partial charge in [-0.15, -0.1) is 0 Å². The van der Waals surface area contributed by atoms with Crippen LogP contribution in [0.3, 0.4) is 0 Å². The fourth-order valence-corrected chi connectivity index (χ4v) is 0.415. The average molecular weight is 154 g/mol. The van der Waals surface area contributed by atoms with Gasteiger partial charge in [0.2, 0.25) is 0 Å². The molecule has 3 heteroatoms. The molecule has 0 aromatic rings. The maximum absolute atomic E-state index is 10.6. The zero-order valence-corrected chi connectivity index (χ0v) is 6.06. The Morgan fingerprint density at radius 3 is 2.91 bits per heavy atom. The van der Waals surface area contributed by atoms with Crippen molar-refractivity contribution in [3.63, 3.8) is 0 Å². The number of carbonyl (C=O) groups is 1. The van der Waals surface area contributed by atoms with Crippen molar-refractivity contribution in [3.05, 3.63) is 37.3 Å². The number of rotatable bonds is 4. The highest BCUT2D eigenvalue weighted by atomic mass is 16.5. The second kappa shape index (κ2) is 6.61. The number of aliphatic hydroxyl groups is 1. The fraction of sp³-hybridized carbons (Fsp3) is 0.125. The average Bonchev–Trinajstić information content (AvgIpc) is 2.01. The summed E-state index contributed by atoms with van der Waals surface area (Å²) in [5, 5.41) is 8.09. The summed E-state index contributed by atoms with van der Waals surface area (Å²) in [6.07, 6.45) is 6.58. The first-order valence-electron chi connectivity index (χ1n) is 3.07. The fourth-order valence-electron chi connectivity index (χ4n) is 0.415. The number of hydrogen-bond acceptors (Lipinski definition) is 3. The van der Waals surface area contributed by atoms with Crippen LogP contribution in [0.25, 0.3) is 0 Å². The Kier molecular flexibility index (Phi) is 5.70. The molecule has 0 unspecified atom stereocenters. The highest BCUT2D eigenvalue weighted by Gasteiger charge is 1.94. The van der Waals surface area contributed by atoms with Crippen LogP contribution in [0.4, 0.5) is 0 Å². The number of aliphatic hydroxyl groups excluding tert-OH is 1. The quantitative estimate of drug-likeness (QED) is 0.380. The minimum absolute atomic E-state index is 0.177. The number of hydrogen-bond donors (Lipinski definition) is 1. The molecule has 0 aromatic carbocycles. The van der Waals surface area contributed by atoms with Crippen LogP contribution in [0.1, 0.15) is 6.42 Å². The second-order valence-electron chi connectivity index (χ2n) is 1.64. The van der Waals surface area contributed by atoms with Gasteiger partial charge in [-0.3, -0.25) is 4.79 Å². The largest absolute Gasteiger partial charge is 0.512 e. The van der Waals surface area contributed by atoms with Crippen molar-refractivity contribution >= 4 is 5.97 Å². The Hall–Kier alpha value is -1.51. The molecule has 0 aromatic heterocycles. The minimum Gasteiger partial charge on any atom is -0.512 e. The van der Waals surface area contributed by atoms with Gasteiger partial charge in [-0.05, 0) is 0 Å². The third-order valence-corrected chi connectivity index (χ3v) is 0.817. The van der Waals surface area contributed by atoms with E-state index < -0.39 is 5.97 Å². The lowest BCUT2D eigenvalue weighted by molar-refractivity contribution is -0.137. The van der Waals surface area contributed by atoms with Gasteiger partial charge in [0.05, 0.1) is 6.42 Å². The molecule has 0 fully saturated rings. The van der Waals surface area contributed by atoms with Crippen molar-refractivity contribution in [1.29, 1.82) is 0 Å². The Labute approximate surface area is 65.3 Å². The summed E-state index contributed by atoms with van der Waals surface area (Å²) < 4.78 is 4.38. The second-order valence-corrected chi connectivity index (χ2v) is 1.64. The Morgan fingerprint density at radius 2 is 2.36 bits per heavy atom. The molecule has 0 saturated heterocycles. The predicted molar refractivity (Wildman–Crippen MR) is 41.8 cm³/mol. The number of carbonyl (C=O) groups excluding carboxylic acids is 1. The summed E-state index contributed by atoms with van der Waals surface area (Å²) in [7, 11) is 0. The molecular weight excluding hydrogens is 144 g/mol. The summed E-state index contributed by atoms with van der Waals surface area (Å²) in [5.74, 6) is -0.423. The van der Waals surface area contributed by atoms with Gasteiger partial charge in [0.15, 0.2) is 0 Å². The predicted octanol–water partition coefficient (Wildman–Crippen LogP) is 1.69. The van der Waals surface area contributed by atoms with Gasteiger partial charge in [-0.2, -0.15) is 0 Å². The van der Waals surface area contributed by atoms with Crippen LogP contribution >= 0.6 is 0 Å². The molecule has 11 heavy (non-hydrogen) atoms. The van der Waals surface area contributed by atoms with Crippen LogP contribution in [0, 0.1) is 0 Å². The highest BCUT2D eigenvalue weighted by Crippen LogP contribution is 1.89. The maximum atomic E-state index is 10.6. The van der Waals surface area contributed by atoms with Gasteiger partial charge >= 0.3 is 5.97 Å². The van der Waals surface area contributed by atoms with Gasteiger partial charge < -0.3 is 9.84 Å². The number of allylic oxidation sites excluding steroid dienone is 2. The number of esters is 1. The van der Waals surface area contributed by atoms with E-state index in [0.29, 0.717) is 6.26 Å². The Balaban J connectivity index is 3.52. The van der Waals surface area contributed by atoms with Crippen LogP contribution in [0.15, 0.2) is 37.3 Å². The van der Waals surface area contributed by atoms with Crippen molar-refractivity contribution in [2.45, 2.75) is 6.42 Å². The summed E-state index contributed by atoms with van der Waals surface area (Å²) in [6, 6.07) is 0. The van der Waals surface area contributed by atoms with Crippen LogP contribution in [0.2, 0.25) is 0 Å². The smallest absolute Gasteiger partial charge is 0.314 e. The molecule has 3 nitrogen and oxygen atoms in total. The van der Waals surface area contributed by atoms with Gasteiger partial charge in [0.1, 0.15) is 12.5 Å².